The summed E-state index contributed by atoms with van der Waals surface area (Å²) in [5.41, 5.74) is -3.67. The van der Waals surface area contributed by atoms with E-state index in [9.17, 15) is 26.3 Å². The molecule has 2 aliphatic heterocycles. The second-order valence-electron chi connectivity index (χ2n) is 9.39. The van der Waals surface area contributed by atoms with Crippen LogP contribution in [0, 0.1) is 17.3 Å². The minimum atomic E-state index is -5.36. The first-order valence-corrected chi connectivity index (χ1v) is 11.2. The van der Waals surface area contributed by atoms with E-state index in [0.717, 1.165) is 0 Å². The number of hydrogen-bond acceptors (Lipinski definition) is 4. The lowest BCUT2D eigenvalue weighted by molar-refractivity contribution is -0.383. The molecule has 0 N–H and O–H groups in total. The summed E-state index contributed by atoms with van der Waals surface area (Å²) < 4.78 is 107. The zero-order valence-electron chi connectivity index (χ0n) is 17.4. The summed E-state index contributed by atoms with van der Waals surface area (Å²) in [6, 6.07) is 0. The number of ether oxygens (including phenoxy) is 4. The molecule has 2 heterocycles. The standard InChI is InChI=1S/C21H30F6O4/c22-20(23,24)19(21(25,26)27,13-1-5-15(6-2-13)28-9-17-11-30-17)14-3-7-16(8-4-14)29-10-18-12-31-18/h13-18H,1-12H2. The number of rotatable bonds is 8. The largest absolute Gasteiger partial charge is 0.403 e. The summed E-state index contributed by atoms with van der Waals surface area (Å²) in [5.74, 6) is -2.96. The molecular weight excluding hydrogens is 430 g/mol. The van der Waals surface area contributed by atoms with Gasteiger partial charge in [-0.05, 0) is 63.2 Å². The molecule has 4 fully saturated rings. The maximum Gasteiger partial charge on any atom is 0.403 e. The molecular formula is C21H30F6O4. The van der Waals surface area contributed by atoms with Crippen molar-refractivity contribution in [2.24, 2.45) is 17.3 Å². The molecule has 2 atom stereocenters. The summed E-state index contributed by atoms with van der Waals surface area (Å²) >= 11 is 0. The SMILES string of the molecule is FC(F)(F)C(C1CCC(OCC2CO2)CC1)(C1CCC(OCC2CO2)CC1)C(F)(F)F. The first-order valence-electron chi connectivity index (χ1n) is 11.2. The van der Waals surface area contributed by atoms with E-state index in [1.165, 1.54) is 0 Å². The number of hydrogen-bond donors (Lipinski definition) is 0. The Hall–Kier alpha value is -0.580. The van der Waals surface area contributed by atoms with Gasteiger partial charge in [0.2, 0.25) is 0 Å². The van der Waals surface area contributed by atoms with Crippen molar-refractivity contribution in [2.75, 3.05) is 26.4 Å². The normalized spacial score (nSPS) is 37.0. The highest BCUT2D eigenvalue weighted by molar-refractivity contribution is 5.05. The van der Waals surface area contributed by atoms with E-state index >= 15 is 0 Å². The monoisotopic (exact) mass is 460 g/mol. The summed E-state index contributed by atoms with van der Waals surface area (Å²) in [7, 11) is 0. The highest BCUT2D eigenvalue weighted by Gasteiger charge is 2.76. The van der Waals surface area contributed by atoms with Crippen LogP contribution in [0.3, 0.4) is 0 Å². The lowest BCUT2D eigenvalue weighted by Crippen LogP contribution is -2.61. The Balaban J connectivity index is 1.44. The second-order valence-corrected chi connectivity index (χ2v) is 9.39. The van der Waals surface area contributed by atoms with Crippen LogP contribution in [0.5, 0.6) is 0 Å². The molecule has 180 valence electrons. The molecule has 4 nitrogen and oxygen atoms in total. The Morgan fingerprint density at radius 3 is 1.16 bits per heavy atom. The third-order valence-electron chi connectivity index (χ3n) is 7.41. The molecule has 0 aromatic rings. The average Bonchev–Trinajstić information content (AvgIpc) is 3.60. The topological polar surface area (TPSA) is 43.5 Å². The molecule has 0 amide bonds. The summed E-state index contributed by atoms with van der Waals surface area (Å²) in [6.07, 6.45) is -11.0. The number of alkyl halides is 6. The highest BCUT2D eigenvalue weighted by Crippen LogP contribution is 2.64. The van der Waals surface area contributed by atoms with Crippen LogP contribution in [-0.2, 0) is 18.9 Å². The van der Waals surface area contributed by atoms with Gasteiger partial charge in [-0.2, -0.15) is 26.3 Å². The predicted molar refractivity (Wildman–Crippen MR) is 97.4 cm³/mol. The van der Waals surface area contributed by atoms with Gasteiger partial charge in [0.15, 0.2) is 5.41 Å². The lowest BCUT2D eigenvalue weighted by atomic mass is 9.57. The van der Waals surface area contributed by atoms with Crippen LogP contribution in [0.2, 0.25) is 0 Å². The Labute approximate surface area is 177 Å². The first-order chi connectivity index (χ1) is 14.6. The molecule has 10 heteroatoms. The molecule has 2 saturated carbocycles. The molecule has 31 heavy (non-hydrogen) atoms. The van der Waals surface area contributed by atoms with E-state index < -0.39 is 29.6 Å². The molecule has 0 aromatic heterocycles. The van der Waals surface area contributed by atoms with Crippen LogP contribution in [-0.4, -0.2) is 63.2 Å². The molecule has 0 radical (unpaired) electrons. The van der Waals surface area contributed by atoms with E-state index in [4.69, 9.17) is 18.9 Å². The summed E-state index contributed by atoms with van der Waals surface area (Å²) in [5, 5.41) is 0. The quantitative estimate of drug-likeness (QED) is 0.376. The smallest absolute Gasteiger partial charge is 0.375 e. The van der Waals surface area contributed by atoms with Gasteiger partial charge < -0.3 is 18.9 Å². The van der Waals surface area contributed by atoms with Gasteiger partial charge in [-0.1, -0.05) is 0 Å². The van der Waals surface area contributed by atoms with Crippen molar-refractivity contribution in [1.82, 2.24) is 0 Å². The molecule has 2 unspecified atom stereocenters. The van der Waals surface area contributed by atoms with Gasteiger partial charge >= 0.3 is 12.4 Å². The van der Waals surface area contributed by atoms with E-state index in [0.29, 0.717) is 26.4 Å². The van der Waals surface area contributed by atoms with Crippen molar-refractivity contribution in [1.29, 1.82) is 0 Å². The van der Waals surface area contributed by atoms with Crippen molar-refractivity contribution in [2.45, 2.75) is 88.1 Å². The van der Waals surface area contributed by atoms with E-state index in [2.05, 4.69) is 0 Å². The fourth-order valence-electron chi connectivity index (χ4n) is 5.60. The third kappa shape index (κ3) is 5.17. The van der Waals surface area contributed by atoms with Crippen LogP contribution >= 0.6 is 0 Å². The molecule has 2 saturated heterocycles. The van der Waals surface area contributed by atoms with Crippen molar-refractivity contribution >= 4 is 0 Å². The van der Waals surface area contributed by atoms with Gasteiger partial charge in [0, 0.05) is 0 Å². The van der Waals surface area contributed by atoms with Gasteiger partial charge in [0.05, 0.1) is 38.6 Å². The van der Waals surface area contributed by atoms with Crippen LogP contribution in [0.15, 0.2) is 0 Å². The minimum absolute atomic E-state index is 0.0195. The number of halogens is 6. The zero-order chi connectivity index (χ0) is 22.3. The fourth-order valence-corrected chi connectivity index (χ4v) is 5.60. The highest BCUT2D eigenvalue weighted by atomic mass is 19.4. The van der Waals surface area contributed by atoms with Gasteiger partial charge in [-0.3, -0.25) is 0 Å². The molecule has 0 spiro atoms. The Kier molecular flexibility index (Phi) is 6.83. The van der Waals surface area contributed by atoms with E-state index in [1.807, 2.05) is 0 Å². The molecule has 0 aromatic carbocycles. The second kappa shape index (κ2) is 8.99. The first kappa shape index (κ1) is 23.6. The molecule has 4 rings (SSSR count). The minimum Gasteiger partial charge on any atom is -0.375 e. The van der Waals surface area contributed by atoms with Crippen LogP contribution in [0.4, 0.5) is 26.3 Å². The van der Waals surface area contributed by atoms with Crippen molar-refractivity contribution in [3.8, 4) is 0 Å². The van der Waals surface area contributed by atoms with Gasteiger partial charge in [-0.15, -0.1) is 0 Å². The van der Waals surface area contributed by atoms with E-state index in [-0.39, 0.29) is 75.8 Å². The lowest BCUT2D eigenvalue weighted by Gasteiger charge is -2.51. The summed E-state index contributed by atoms with van der Waals surface area (Å²) in [4.78, 5) is 0. The fraction of sp³-hybridized carbons (Fsp3) is 1.00. The maximum atomic E-state index is 14.3. The van der Waals surface area contributed by atoms with Crippen molar-refractivity contribution in [3.63, 3.8) is 0 Å². The van der Waals surface area contributed by atoms with Gasteiger partial charge in [0.25, 0.3) is 0 Å². The Bertz CT molecular complexity index is 534. The zero-order valence-corrected chi connectivity index (χ0v) is 17.4. The van der Waals surface area contributed by atoms with Gasteiger partial charge in [0.1, 0.15) is 12.2 Å². The molecule has 2 aliphatic carbocycles. The van der Waals surface area contributed by atoms with Crippen LogP contribution < -0.4 is 0 Å². The van der Waals surface area contributed by atoms with Gasteiger partial charge in [-0.25, -0.2) is 0 Å². The maximum absolute atomic E-state index is 14.3. The van der Waals surface area contributed by atoms with Crippen LogP contribution in [0.1, 0.15) is 51.4 Å². The Morgan fingerprint density at radius 2 is 0.903 bits per heavy atom. The number of epoxide rings is 2. The third-order valence-corrected chi connectivity index (χ3v) is 7.41. The Morgan fingerprint density at radius 1 is 0.581 bits per heavy atom. The predicted octanol–water partition coefficient (Wildman–Crippen LogP) is 5.05. The van der Waals surface area contributed by atoms with Crippen molar-refractivity contribution in [3.05, 3.63) is 0 Å². The summed E-state index contributed by atoms with van der Waals surface area (Å²) in [6.45, 7) is 1.91. The van der Waals surface area contributed by atoms with Crippen molar-refractivity contribution < 1.29 is 45.3 Å². The molecule has 4 aliphatic rings. The molecule has 0 bridgehead atoms. The van der Waals surface area contributed by atoms with E-state index in [1.54, 1.807) is 0 Å². The van der Waals surface area contributed by atoms with Crippen LogP contribution in [0.25, 0.3) is 0 Å². The average molecular weight is 460 g/mol.